The van der Waals surface area contributed by atoms with Gasteiger partial charge in [0, 0.05) is 12.2 Å². The zero-order chi connectivity index (χ0) is 16.5. The molecule has 1 aliphatic rings. The zero-order valence-electron chi connectivity index (χ0n) is 12.9. The molecule has 0 unspecified atom stereocenters. The predicted octanol–water partition coefficient (Wildman–Crippen LogP) is 1.93. The number of anilines is 2. The van der Waals surface area contributed by atoms with E-state index in [4.69, 9.17) is 0 Å². The summed E-state index contributed by atoms with van der Waals surface area (Å²) in [5, 5.41) is 6.34. The number of hydrogen-bond acceptors (Lipinski definition) is 5. The molecular weight excluding hydrogens is 311 g/mol. The second kappa shape index (κ2) is 6.04. The molecule has 0 radical (unpaired) electrons. The summed E-state index contributed by atoms with van der Waals surface area (Å²) < 4.78 is 14.7. The van der Waals surface area contributed by atoms with Crippen LogP contribution in [0.3, 0.4) is 0 Å². The molecule has 2 aromatic heterocycles. The molecule has 1 atom stereocenters. The van der Waals surface area contributed by atoms with E-state index >= 15 is 0 Å². The molecule has 3 aromatic rings. The van der Waals surface area contributed by atoms with Crippen molar-refractivity contribution in [3.05, 3.63) is 46.8 Å². The lowest BCUT2D eigenvalue weighted by Gasteiger charge is -2.23. The highest BCUT2D eigenvalue weighted by molar-refractivity contribution is 5.72. The van der Waals surface area contributed by atoms with Crippen molar-refractivity contribution in [2.75, 3.05) is 18.4 Å². The van der Waals surface area contributed by atoms with Gasteiger partial charge in [0.1, 0.15) is 11.3 Å². The molecule has 0 amide bonds. The fraction of sp³-hybridized carbons (Fsp3) is 0.312. The molecule has 1 fully saturated rings. The Morgan fingerprint density at radius 1 is 1.29 bits per heavy atom. The summed E-state index contributed by atoms with van der Waals surface area (Å²) in [4.78, 5) is 23.8. The number of halogens is 1. The molecule has 1 aromatic carbocycles. The Labute approximate surface area is 136 Å². The SMILES string of the molecule is O=c1[nH]c2cnc(Nc3ccc(F)cc3)nc2n1[C@@H]1CCCNC1. The molecule has 8 heteroatoms. The number of nitrogens with zero attached hydrogens (tertiary/aromatic N) is 3. The van der Waals surface area contributed by atoms with Crippen LogP contribution >= 0.6 is 0 Å². The first kappa shape index (κ1) is 14.8. The van der Waals surface area contributed by atoms with Crippen LogP contribution in [0.25, 0.3) is 11.2 Å². The smallest absolute Gasteiger partial charge is 0.324 e. The van der Waals surface area contributed by atoms with Crippen LogP contribution in [0.2, 0.25) is 0 Å². The maximum absolute atomic E-state index is 13.0. The summed E-state index contributed by atoms with van der Waals surface area (Å²) in [5.74, 6) is 0.0619. The molecule has 1 aliphatic heterocycles. The Morgan fingerprint density at radius 2 is 2.12 bits per heavy atom. The number of aromatic amines is 1. The van der Waals surface area contributed by atoms with E-state index in [-0.39, 0.29) is 17.5 Å². The Balaban J connectivity index is 1.71. The standard InChI is InChI=1S/C16H17FN6O/c17-10-3-5-11(6-4-10)20-15-19-9-13-14(22-15)23(16(24)21-13)12-2-1-7-18-8-12/h3-6,9,12,18H,1-2,7-8H2,(H,21,24)(H,19,20,22)/t12-/m1/s1. The highest BCUT2D eigenvalue weighted by Crippen LogP contribution is 2.20. The van der Waals surface area contributed by atoms with E-state index in [1.165, 1.54) is 12.1 Å². The third kappa shape index (κ3) is 2.76. The van der Waals surface area contributed by atoms with Crippen molar-refractivity contribution in [1.82, 2.24) is 24.8 Å². The van der Waals surface area contributed by atoms with Crippen LogP contribution in [0.1, 0.15) is 18.9 Å². The molecule has 0 saturated carbocycles. The molecule has 7 nitrogen and oxygen atoms in total. The number of nitrogens with one attached hydrogen (secondary N) is 3. The summed E-state index contributed by atoms with van der Waals surface area (Å²) in [7, 11) is 0. The van der Waals surface area contributed by atoms with E-state index in [1.54, 1.807) is 22.9 Å². The number of benzene rings is 1. The minimum absolute atomic E-state index is 0.0774. The third-order valence-electron chi connectivity index (χ3n) is 4.19. The second-order valence-electron chi connectivity index (χ2n) is 5.86. The van der Waals surface area contributed by atoms with E-state index in [1.807, 2.05) is 0 Å². The fourth-order valence-corrected chi connectivity index (χ4v) is 3.03. The average molecular weight is 328 g/mol. The van der Waals surface area contributed by atoms with Crippen LogP contribution in [-0.4, -0.2) is 32.6 Å². The molecule has 1 saturated heterocycles. The van der Waals surface area contributed by atoms with Gasteiger partial charge in [-0.1, -0.05) is 0 Å². The second-order valence-corrected chi connectivity index (χ2v) is 5.86. The van der Waals surface area contributed by atoms with Gasteiger partial charge >= 0.3 is 5.69 Å². The van der Waals surface area contributed by atoms with Crippen LogP contribution in [-0.2, 0) is 0 Å². The minimum Gasteiger partial charge on any atom is -0.324 e. The van der Waals surface area contributed by atoms with Gasteiger partial charge in [-0.3, -0.25) is 4.57 Å². The van der Waals surface area contributed by atoms with Gasteiger partial charge in [-0.25, -0.2) is 14.2 Å². The van der Waals surface area contributed by atoms with Crippen molar-refractivity contribution in [3.8, 4) is 0 Å². The highest BCUT2D eigenvalue weighted by Gasteiger charge is 2.20. The summed E-state index contributed by atoms with van der Waals surface area (Å²) in [5.41, 5.74) is 1.69. The first-order valence-corrected chi connectivity index (χ1v) is 7.91. The van der Waals surface area contributed by atoms with Gasteiger partial charge in [0.15, 0.2) is 5.65 Å². The zero-order valence-corrected chi connectivity index (χ0v) is 12.9. The summed E-state index contributed by atoms with van der Waals surface area (Å²) >= 11 is 0. The Bertz CT molecular complexity index is 910. The van der Waals surface area contributed by atoms with E-state index in [0.29, 0.717) is 22.8 Å². The van der Waals surface area contributed by atoms with Crippen LogP contribution in [0.5, 0.6) is 0 Å². The number of hydrogen-bond donors (Lipinski definition) is 3. The first-order chi connectivity index (χ1) is 11.7. The number of piperidine rings is 1. The van der Waals surface area contributed by atoms with Crippen LogP contribution in [0.15, 0.2) is 35.3 Å². The van der Waals surface area contributed by atoms with E-state index in [9.17, 15) is 9.18 Å². The molecule has 3 N–H and O–H groups in total. The molecule has 0 aliphatic carbocycles. The van der Waals surface area contributed by atoms with Crippen molar-refractivity contribution in [1.29, 1.82) is 0 Å². The van der Waals surface area contributed by atoms with E-state index in [0.717, 1.165) is 25.9 Å². The number of fused-ring (bicyclic) bond motifs is 1. The monoisotopic (exact) mass is 328 g/mol. The lowest BCUT2D eigenvalue weighted by Crippen LogP contribution is -2.35. The predicted molar refractivity (Wildman–Crippen MR) is 89.0 cm³/mol. The van der Waals surface area contributed by atoms with Crippen LogP contribution < -0.4 is 16.3 Å². The van der Waals surface area contributed by atoms with Gasteiger partial charge in [0.05, 0.1) is 12.2 Å². The fourth-order valence-electron chi connectivity index (χ4n) is 3.03. The number of rotatable bonds is 3. The summed E-state index contributed by atoms with van der Waals surface area (Å²) in [6.07, 6.45) is 3.54. The van der Waals surface area contributed by atoms with Crippen molar-refractivity contribution in [2.45, 2.75) is 18.9 Å². The normalized spacial score (nSPS) is 18.0. The molecule has 3 heterocycles. The summed E-state index contributed by atoms with van der Waals surface area (Å²) in [6, 6.07) is 6.02. The maximum Gasteiger partial charge on any atom is 0.328 e. The van der Waals surface area contributed by atoms with Gasteiger partial charge in [0.2, 0.25) is 5.95 Å². The van der Waals surface area contributed by atoms with E-state index in [2.05, 4.69) is 25.6 Å². The summed E-state index contributed by atoms with van der Waals surface area (Å²) in [6.45, 7) is 1.72. The Morgan fingerprint density at radius 3 is 2.88 bits per heavy atom. The largest absolute Gasteiger partial charge is 0.328 e. The Hall–Kier alpha value is -2.74. The van der Waals surface area contributed by atoms with Crippen molar-refractivity contribution in [3.63, 3.8) is 0 Å². The number of aromatic nitrogens is 4. The van der Waals surface area contributed by atoms with Crippen molar-refractivity contribution >= 4 is 22.8 Å². The molecular formula is C16H17FN6O. The maximum atomic E-state index is 13.0. The van der Waals surface area contributed by atoms with Crippen molar-refractivity contribution in [2.24, 2.45) is 0 Å². The van der Waals surface area contributed by atoms with E-state index < -0.39 is 0 Å². The molecule has 0 spiro atoms. The van der Waals surface area contributed by atoms with Gasteiger partial charge in [-0.2, -0.15) is 4.98 Å². The van der Waals surface area contributed by atoms with Gasteiger partial charge < -0.3 is 15.6 Å². The number of H-pyrrole nitrogens is 1. The van der Waals surface area contributed by atoms with Gasteiger partial charge in [-0.05, 0) is 43.7 Å². The third-order valence-corrected chi connectivity index (χ3v) is 4.19. The lowest BCUT2D eigenvalue weighted by atomic mass is 10.1. The first-order valence-electron chi connectivity index (χ1n) is 7.91. The van der Waals surface area contributed by atoms with Crippen molar-refractivity contribution < 1.29 is 4.39 Å². The molecule has 0 bridgehead atoms. The average Bonchev–Trinajstić information content (AvgIpc) is 2.93. The quantitative estimate of drug-likeness (QED) is 0.684. The highest BCUT2D eigenvalue weighted by atomic mass is 19.1. The number of imidazole rings is 1. The lowest BCUT2D eigenvalue weighted by molar-refractivity contribution is 0.370. The molecule has 124 valence electrons. The topological polar surface area (TPSA) is 87.6 Å². The molecule has 24 heavy (non-hydrogen) atoms. The van der Waals surface area contributed by atoms with Crippen LogP contribution in [0.4, 0.5) is 16.0 Å². The minimum atomic E-state index is -0.304. The van der Waals surface area contributed by atoms with Gasteiger partial charge in [0.25, 0.3) is 0 Å². The van der Waals surface area contributed by atoms with Crippen LogP contribution in [0, 0.1) is 5.82 Å². The Kier molecular flexibility index (Phi) is 3.73. The van der Waals surface area contributed by atoms with Gasteiger partial charge in [-0.15, -0.1) is 0 Å². The molecule has 4 rings (SSSR count).